The van der Waals surface area contributed by atoms with Gasteiger partial charge < -0.3 is 24.3 Å². The number of rotatable bonds is 10. The summed E-state index contributed by atoms with van der Waals surface area (Å²) in [4.78, 5) is 19.8. The largest absolute Gasteiger partial charge is 0.494 e. The van der Waals surface area contributed by atoms with Crippen molar-refractivity contribution in [2.75, 3.05) is 25.6 Å². The number of halogens is 2. The Labute approximate surface area is 195 Å². The molecule has 34 heavy (non-hydrogen) atoms. The molecule has 0 aliphatic rings. The normalized spacial score (nSPS) is 10.5. The summed E-state index contributed by atoms with van der Waals surface area (Å²) in [7, 11) is 1.31. The second-order valence-electron chi connectivity index (χ2n) is 7.23. The highest BCUT2D eigenvalue weighted by Gasteiger charge is 2.18. The molecule has 1 aromatic heterocycles. The maximum atomic E-state index is 14.4. The van der Waals surface area contributed by atoms with Crippen LogP contribution in [0, 0.1) is 25.5 Å². The maximum absolute atomic E-state index is 14.4. The van der Waals surface area contributed by atoms with Gasteiger partial charge in [-0.25, -0.2) is 23.5 Å². The molecule has 2 aromatic carbocycles. The summed E-state index contributed by atoms with van der Waals surface area (Å²) < 4.78 is 49.5. The Morgan fingerprint density at radius 2 is 1.74 bits per heavy atom. The van der Waals surface area contributed by atoms with Crippen molar-refractivity contribution in [1.29, 1.82) is 0 Å². The lowest BCUT2D eigenvalue weighted by Crippen LogP contribution is -2.15. The van der Waals surface area contributed by atoms with E-state index in [1.54, 1.807) is 19.1 Å². The SMILES string of the molecule is CCOC(=O)COc1cc(Nc2ncc(OCc3c(F)c(C)cc(OC)c3F)cn2)ccc1C. The zero-order chi connectivity index (χ0) is 24.7. The van der Waals surface area contributed by atoms with Gasteiger partial charge in [-0.2, -0.15) is 0 Å². The van der Waals surface area contributed by atoms with E-state index in [-0.39, 0.29) is 48.4 Å². The van der Waals surface area contributed by atoms with Gasteiger partial charge in [-0.1, -0.05) is 6.07 Å². The summed E-state index contributed by atoms with van der Waals surface area (Å²) in [6.45, 7) is 4.81. The van der Waals surface area contributed by atoms with Gasteiger partial charge in [0.05, 0.1) is 31.7 Å². The quantitative estimate of drug-likeness (QED) is 0.426. The highest BCUT2D eigenvalue weighted by atomic mass is 19.1. The van der Waals surface area contributed by atoms with Crippen molar-refractivity contribution >= 4 is 17.6 Å². The third kappa shape index (κ3) is 6.09. The fraction of sp³-hybridized carbons (Fsp3) is 0.292. The molecule has 0 spiro atoms. The number of nitrogens with zero attached hydrogens (tertiary/aromatic N) is 2. The molecular formula is C24H25F2N3O5. The van der Waals surface area contributed by atoms with Crippen LogP contribution in [-0.4, -0.2) is 36.3 Å². The monoisotopic (exact) mass is 473 g/mol. The van der Waals surface area contributed by atoms with Gasteiger partial charge in [-0.15, -0.1) is 0 Å². The van der Waals surface area contributed by atoms with Crippen molar-refractivity contribution in [1.82, 2.24) is 9.97 Å². The smallest absolute Gasteiger partial charge is 0.344 e. The number of ether oxygens (including phenoxy) is 4. The molecule has 1 N–H and O–H groups in total. The Bertz CT molecular complexity index is 1160. The molecule has 1 heterocycles. The van der Waals surface area contributed by atoms with Gasteiger partial charge in [0.15, 0.2) is 23.9 Å². The maximum Gasteiger partial charge on any atom is 0.344 e. The zero-order valence-electron chi connectivity index (χ0n) is 19.3. The van der Waals surface area contributed by atoms with Crippen LogP contribution in [0.25, 0.3) is 0 Å². The molecule has 3 aromatic rings. The van der Waals surface area contributed by atoms with Crippen molar-refractivity contribution < 1.29 is 32.5 Å². The minimum Gasteiger partial charge on any atom is -0.494 e. The molecule has 0 saturated heterocycles. The summed E-state index contributed by atoms with van der Waals surface area (Å²) in [5, 5.41) is 3.02. The van der Waals surface area contributed by atoms with Crippen molar-refractivity contribution in [3.05, 3.63) is 65.0 Å². The number of anilines is 2. The molecule has 0 atom stereocenters. The first-order chi connectivity index (χ1) is 16.3. The van der Waals surface area contributed by atoms with E-state index in [4.69, 9.17) is 18.9 Å². The number of aromatic nitrogens is 2. The first-order valence-corrected chi connectivity index (χ1v) is 10.4. The van der Waals surface area contributed by atoms with Gasteiger partial charge in [-0.05, 0) is 44.0 Å². The zero-order valence-corrected chi connectivity index (χ0v) is 19.3. The molecule has 0 aliphatic heterocycles. The molecule has 0 radical (unpaired) electrons. The molecule has 180 valence electrons. The van der Waals surface area contributed by atoms with Gasteiger partial charge in [0.2, 0.25) is 5.95 Å². The number of benzene rings is 2. The average molecular weight is 473 g/mol. The second-order valence-corrected chi connectivity index (χ2v) is 7.23. The number of hydrogen-bond donors (Lipinski definition) is 1. The van der Waals surface area contributed by atoms with Gasteiger partial charge in [0.1, 0.15) is 18.2 Å². The lowest BCUT2D eigenvalue weighted by molar-refractivity contribution is -0.145. The number of nitrogens with one attached hydrogen (secondary N) is 1. The highest BCUT2D eigenvalue weighted by Crippen LogP contribution is 2.28. The molecule has 0 bridgehead atoms. The van der Waals surface area contributed by atoms with Gasteiger partial charge >= 0.3 is 5.97 Å². The van der Waals surface area contributed by atoms with E-state index < -0.39 is 17.6 Å². The van der Waals surface area contributed by atoms with Gasteiger partial charge in [-0.3, -0.25) is 0 Å². The van der Waals surface area contributed by atoms with Crippen LogP contribution in [0.3, 0.4) is 0 Å². The van der Waals surface area contributed by atoms with Crippen LogP contribution < -0.4 is 19.5 Å². The van der Waals surface area contributed by atoms with Crippen molar-refractivity contribution in [2.45, 2.75) is 27.4 Å². The topological polar surface area (TPSA) is 91.8 Å². The molecular weight excluding hydrogens is 448 g/mol. The third-order valence-electron chi connectivity index (χ3n) is 4.77. The average Bonchev–Trinajstić information content (AvgIpc) is 2.83. The number of hydrogen-bond acceptors (Lipinski definition) is 8. The van der Waals surface area contributed by atoms with E-state index in [1.807, 2.05) is 13.0 Å². The Morgan fingerprint density at radius 1 is 1.00 bits per heavy atom. The van der Waals surface area contributed by atoms with Crippen LogP contribution in [-0.2, 0) is 16.1 Å². The van der Waals surface area contributed by atoms with Gasteiger partial charge in [0.25, 0.3) is 0 Å². The Morgan fingerprint density at radius 3 is 2.41 bits per heavy atom. The second kappa shape index (κ2) is 11.3. The van der Waals surface area contributed by atoms with E-state index in [0.29, 0.717) is 11.4 Å². The molecule has 0 fully saturated rings. The van der Waals surface area contributed by atoms with Crippen LogP contribution in [0.5, 0.6) is 17.2 Å². The summed E-state index contributed by atoms with van der Waals surface area (Å²) in [5.74, 6) is -1.02. The first kappa shape index (κ1) is 24.7. The number of methoxy groups -OCH3 is 1. The molecule has 0 unspecified atom stereocenters. The standard InChI is InChI=1S/C24H25F2N3O5/c1-5-32-21(30)13-34-19-9-16(7-6-14(19)2)29-24-27-10-17(11-28-24)33-12-18-22(25)15(3)8-20(31-4)23(18)26/h6-11H,5,12-13H2,1-4H3,(H,27,28,29). The fourth-order valence-corrected chi connectivity index (χ4v) is 2.99. The Kier molecular flexibility index (Phi) is 8.18. The first-order valence-electron chi connectivity index (χ1n) is 10.4. The van der Waals surface area contributed by atoms with Crippen LogP contribution >= 0.6 is 0 Å². The third-order valence-corrected chi connectivity index (χ3v) is 4.77. The highest BCUT2D eigenvalue weighted by molar-refractivity contribution is 5.71. The fourth-order valence-electron chi connectivity index (χ4n) is 2.99. The van der Waals surface area contributed by atoms with E-state index in [1.165, 1.54) is 32.5 Å². The van der Waals surface area contributed by atoms with E-state index >= 15 is 0 Å². The molecule has 0 aliphatic carbocycles. The van der Waals surface area contributed by atoms with Crippen LogP contribution in [0.15, 0.2) is 36.7 Å². The lowest BCUT2D eigenvalue weighted by Gasteiger charge is -2.13. The Hall–Kier alpha value is -3.95. The molecule has 0 amide bonds. The molecule has 0 saturated carbocycles. The molecule has 10 heteroatoms. The Balaban J connectivity index is 1.64. The minimum absolute atomic E-state index is 0.0583. The van der Waals surface area contributed by atoms with Crippen molar-refractivity contribution in [3.8, 4) is 17.2 Å². The van der Waals surface area contributed by atoms with E-state index in [2.05, 4.69) is 15.3 Å². The number of aryl methyl sites for hydroxylation is 2. The van der Waals surface area contributed by atoms with E-state index in [0.717, 1.165) is 5.56 Å². The minimum atomic E-state index is -0.815. The molecule has 8 nitrogen and oxygen atoms in total. The van der Waals surface area contributed by atoms with Crippen molar-refractivity contribution in [3.63, 3.8) is 0 Å². The predicted octanol–water partition coefficient (Wildman–Crippen LogP) is 4.64. The number of carbonyl (C=O) groups excluding carboxylic acids is 1. The summed E-state index contributed by atoms with van der Waals surface area (Å²) in [5.41, 5.74) is 1.48. The summed E-state index contributed by atoms with van der Waals surface area (Å²) in [6, 6.07) is 6.62. The lowest BCUT2D eigenvalue weighted by atomic mass is 10.1. The number of esters is 1. The van der Waals surface area contributed by atoms with Crippen LogP contribution in [0.2, 0.25) is 0 Å². The summed E-state index contributed by atoms with van der Waals surface area (Å²) in [6.07, 6.45) is 2.76. The predicted molar refractivity (Wildman–Crippen MR) is 121 cm³/mol. The molecule has 3 rings (SSSR count). The van der Waals surface area contributed by atoms with Crippen molar-refractivity contribution in [2.24, 2.45) is 0 Å². The van der Waals surface area contributed by atoms with Crippen LogP contribution in [0.4, 0.5) is 20.4 Å². The van der Waals surface area contributed by atoms with E-state index in [9.17, 15) is 13.6 Å². The number of carbonyl (C=O) groups is 1. The summed E-state index contributed by atoms with van der Waals surface area (Å²) >= 11 is 0. The van der Waals surface area contributed by atoms with Crippen LogP contribution in [0.1, 0.15) is 23.6 Å². The van der Waals surface area contributed by atoms with Gasteiger partial charge in [0, 0.05) is 11.8 Å².